The van der Waals surface area contributed by atoms with E-state index in [4.69, 9.17) is 4.74 Å². The first-order valence-corrected chi connectivity index (χ1v) is 8.00. The molecule has 1 N–H and O–H groups in total. The Morgan fingerprint density at radius 1 is 1.10 bits per heavy atom. The van der Waals surface area contributed by atoms with Gasteiger partial charge in [-0.25, -0.2) is 0 Å². The fourth-order valence-electron chi connectivity index (χ4n) is 3.19. The number of anilines is 2. The molecule has 0 amide bonds. The molecule has 116 valence electrons. The molecule has 0 aromatic heterocycles. The van der Waals surface area contributed by atoms with Gasteiger partial charge in [-0.05, 0) is 45.0 Å². The number of morpholine rings is 1. The topological polar surface area (TPSA) is 27.7 Å². The molecule has 21 heavy (non-hydrogen) atoms. The Labute approximate surface area is 128 Å². The van der Waals surface area contributed by atoms with Crippen LogP contribution in [-0.4, -0.2) is 51.0 Å². The van der Waals surface area contributed by atoms with Gasteiger partial charge in [0.25, 0.3) is 0 Å². The molecule has 4 nitrogen and oxygen atoms in total. The first kappa shape index (κ1) is 14.7. The normalized spacial score (nSPS) is 26.0. The molecule has 0 radical (unpaired) electrons. The van der Waals surface area contributed by atoms with Crippen molar-refractivity contribution in [2.75, 3.05) is 49.2 Å². The van der Waals surface area contributed by atoms with E-state index in [1.54, 1.807) is 0 Å². The van der Waals surface area contributed by atoms with Gasteiger partial charge in [0, 0.05) is 49.1 Å². The maximum absolute atomic E-state index is 5.42. The van der Waals surface area contributed by atoms with Crippen molar-refractivity contribution in [2.24, 2.45) is 0 Å². The van der Waals surface area contributed by atoms with Gasteiger partial charge in [0.1, 0.15) is 0 Å². The van der Waals surface area contributed by atoms with E-state index in [1.165, 1.54) is 11.4 Å². The Morgan fingerprint density at radius 3 is 2.38 bits per heavy atom. The molecule has 2 heterocycles. The monoisotopic (exact) mass is 289 g/mol. The predicted molar refractivity (Wildman–Crippen MR) is 88.4 cm³/mol. The van der Waals surface area contributed by atoms with Crippen molar-refractivity contribution < 1.29 is 4.74 Å². The summed E-state index contributed by atoms with van der Waals surface area (Å²) in [6.07, 6.45) is 0. The molecule has 2 aliphatic heterocycles. The maximum atomic E-state index is 5.42. The Bertz CT molecular complexity index is 465. The van der Waals surface area contributed by atoms with Crippen molar-refractivity contribution in [3.63, 3.8) is 0 Å². The summed E-state index contributed by atoms with van der Waals surface area (Å²) in [4.78, 5) is 4.91. The highest BCUT2D eigenvalue weighted by Gasteiger charge is 2.30. The van der Waals surface area contributed by atoms with Crippen molar-refractivity contribution >= 4 is 11.4 Å². The molecule has 1 unspecified atom stereocenters. The van der Waals surface area contributed by atoms with Crippen molar-refractivity contribution in [1.82, 2.24) is 5.32 Å². The van der Waals surface area contributed by atoms with E-state index in [0.717, 1.165) is 39.4 Å². The fourth-order valence-corrected chi connectivity index (χ4v) is 3.19. The van der Waals surface area contributed by atoms with Gasteiger partial charge in [0.2, 0.25) is 0 Å². The second-order valence-corrected chi connectivity index (χ2v) is 6.86. The molecular weight excluding hydrogens is 262 g/mol. The molecule has 2 saturated heterocycles. The van der Waals surface area contributed by atoms with Crippen molar-refractivity contribution in [2.45, 2.75) is 32.4 Å². The van der Waals surface area contributed by atoms with E-state index < -0.39 is 0 Å². The summed E-state index contributed by atoms with van der Waals surface area (Å²) in [5, 5.41) is 3.61. The number of piperazine rings is 1. The van der Waals surface area contributed by atoms with E-state index in [0.29, 0.717) is 6.04 Å². The third kappa shape index (κ3) is 3.33. The zero-order valence-corrected chi connectivity index (χ0v) is 13.4. The molecule has 0 bridgehead atoms. The van der Waals surface area contributed by atoms with Gasteiger partial charge in [-0.2, -0.15) is 0 Å². The van der Waals surface area contributed by atoms with E-state index in [2.05, 4.69) is 60.2 Å². The van der Waals surface area contributed by atoms with E-state index >= 15 is 0 Å². The zero-order chi connectivity index (χ0) is 14.9. The van der Waals surface area contributed by atoms with Gasteiger partial charge in [-0.1, -0.05) is 0 Å². The molecule has 0 aliphatic carbocycles. The van der Waals surface area contributed by atoms with Crippen molar-refractivity contribution in [1.29, 1.82) is 0 Å². The summed E-state index contributed by atoms with van der Waals surface area (Å²) >= 11 is 0. The van der Waals surface area contributed by atoms with E-state index in [9.17, 15) is 0 Å². The Hall–Kier alpha value is -1.26. The summed E-state index contributed by atoms with van der Waals surface area (Å²) in [6, 6.07) is 9.57. The summed E-state index contributed by atoms with van der Waals surface area (Å²) in [5.74, 6) is 0. The molecule has 4 heteroatoms. The van der Waals surface area contributed by atoms with E-state index in [1.807, 2.05) is 0 Å². The highest BCUT2D eigenvalue weighted by Crippen LogP contribution is 2.26. The SMILES string of the molecule is CC1CNC(C)(C)CN1c1ccc(N2CCOCC2)cc1. The van der Waals surface area contributed by atoms with Crippen LogP contribution in [0.1, 0.15) is 20.8 Å². The second kappa shape index (κ2) is 5.85. The van der Waals surface area contributed by atoms with Crippen LogP contribution < -0.4 is 15.1 Å². The lowest BCUT2D eigenvalue weighted by Gasteiger charge is -2.44. The van der Waals surface area contributed by atoms with Gasteiger partial charge in [0.05, 0.1) is 13.2 Å². The lowest BCUT2D eigenvalue weighted by Crippen LogP contribution is -2.61. The number of hydrogen-bond donors (Lipinski definition) is 1. The summed E-state index contributed by atoms with van der Waals surface area (Å²) < 4.78 is 5.42. The number of benzene rings is 1. The minimum absolute atomic E-state index is 0.176. The number of rotatable bonds is 2. The Kier molecular flexibility index (Phi) is 4.09. The van der Waals surface area contributed by atoms with Crippen LogP contribution in [0, 0.1) is 0 Å². The zero-order valence-electron chi connectivity index (χ0n) is 13.4. The lowest BCUT2D eigenvalue weighted by molar-refractivity contribution is 0.122. The van der Waals surface area contributed by atoms with Crippen LogP contribution in [0.2, 0.25) is 0 Å². The van der Waals surface area contributed by atoms with Gasteiger partial charge in [-0.3, -0.25) is 0 Å². The molecule has 1 aromatic rings. The van der Waals surface area contributed by atoms with Crippen molar-refractivity contribution in [3.8, 4) is 0 Å². The molecule has 2 aliphatic rings. The van der Waals surface area contributed by atoms with Gasteiger partial charge in [-0.15, -0.1) is 0 Å². The van der Waals surface area contributed by atoms with Gasteiger partial charge < -0.3 is 19.9 Å². The van der Waals surface area contributed by atoms with Crippen LogP contribution in [0.4, 0.5) is 11.4 Å². The number of nitrogens with zero attached hydrogens (tertiary/aromatic N) is 2. The average molecular weight is 289 g/mol. The maximum Gasteiger partial charge on any atom is 0.0642 e. The third-order valence-corrected chi connectivity index (χ3v) is 4.53. The van der Waals surface area contributed by atoms with Crippen LogP contribution in [0.3, 0.4) is 0 Å². The summed E-state index contributed by atoms with van der Waals surface area (Å²) in [6.45, 7) is 12.6. The van der Waals surface area contributed by atoms with Crippen LogP contribution in [0.5, 0.6) is 0 Å². The van der Waals surface area contributed by atoms with Gasteiger partial charge in [0.15, 0.2) is 0 Å². The highest BCUT2D eigenvalue weighted by molar-refractivity contribution is 5.57. The third-order valence-electron chi connectivity index (χ3n) is 4.53. The van der Waals surface area contributed by atoms with Crippen molar-refractivity contribution in [3.05, 3.63) is 24.3 Å². The lowest BCUT2D eigenvalue weighted by atomic mass is 9.98. The smallest absolute Gasteiger partial charge is 0.0642 e. The number of hydrogen-bond acceptors (Lipinski definition) is 4. The van der Waals surface area contributed by atoms with Crippen LogP contribution in [0.15, 0.2) is 24.3 Å². The molecule has 1 atom stereocenters. The standard InChI is InChI=1S/C17H27N3O/c1-14-12-18-17(2,3)13-20(14)16-6-4-15(5-7-16)19-8-10-21-11-9-19/h4-7,14,18H,8-13H2,1-3H3. The fraction of sp³-hybridized carbons (Fsp3) is 0.647. The molecule has 2 fully saturated rings. The Morgan fingerprint density at radius 2 is 1.71 bits per heavy atom. The first-order chi connectivity index (χ1) is 10.1. The summed E-state index contributed by atoms with van der Waals surface area (Å²) in [7, 11) is 0. The largest absolute Gasteiger partial charge is 0.378 e. The molecular formula is C17H27N3O. The van der Waals surface area contributed by atoms with Crippen LogP contribution in [0.25, 0.3) is 0 Å². The Balaban J connectivity index is 1.73. The molecule has 1 aromatic carbocycles. The van der Waals surface area contributed by atoms with Gasteiger partial charge >= 0.3 is 0 Å². The predicted octanol–water partition coefficient (Wildman–Crippen LogP) is 2.10. The van der Waals surface area contributed by atoms with Crippen LogP contribution in [-0.2, 0) is 4.74 Å². The number of ether oxygens (including phenoxy) is 1. The van der Waals surface area contributed by atoms with E-state index in [-0.39, 0.29) is 5.54 Å². The molecule has 3 rings (SSSR count). The average Bonchev–Trinajstić information content (AvgIpc) is 2.51. The quantitative estimate of drug-likeness (QED) is 0.902. The highest BCUT2D eigenvalue weighted by atomic mass is 16.5. The minimum Gasteiger partial charge on any atom is -0.378 e. The second-order valence-electron chi connectivity index (χ2n) is 6.86. The molecule has 0 saturated carbocycles. The summed E-state index contributed by atoms with van der Waals surface area (Å²) in [5.41, 5.74) is 2.81. The minimum atomic E-state index is 0.176. The first-order valence-electron chi connectivity index (χ1n) is 8.00. The number of nitrogens with one attached hydrogen (secondary N) is 1. The van der Waals surface area contributed by atoms with Crippen LogP contribution >= 0.6 is 0 Å². The molecule has 0 spiro atoms.